The van der Waals surface area contributed by atoms with E-state index in [2.05, 4.69) is 85.0 Å². The number of halogens is 1. The largest absolute Gasteiger partial charge is 0.493 e. The Kier molecular flexibility index (Phi) is 9.77. The fourth-order valence-electron chi connectivity index (χ4n) is 4.63. The molecular formula is C33H41FN4O. The lowest BCUT2D eigenvalue weighted by molar-refractivity contribution is 0.279. The monoisotopic (exact) mass is 528 g/mol. The number of nitrogens with zero attached hydrogens (tertiary/aromatic N) is 1. The van der Waals surface area contributed by atoms with Crippen LogP contribution in [0.2, 0.25) is 0 Å². The second kappa shape index (κ2) is 13.4. The van der Waals surface area contributed by atoms with E-state index in [0.29, 0.717) is 5.92 Å². The minimum atomic E-state index is -0.210. The Morgan fingerprint density at radius 2 is 1.72 bits per heavy atom. The van der Waals surface area contributed by atoms with Gasteiger partial charge in [-0.25, -0.2) is 4.39 Å². The molecule has 2 heterocycles. The van der Waals surface area contributed by atoms with Crippen LogP contribution < -0.4 is 20.7 Å². The third-order valence-electron chi connectivity index (χ3n) is 7.29. The van der Waals surface area contributed by atoms with Gasteiger partial charge in [0.1, 0.15) is 11.6 Å². The lowest BCUT2D eigenvalue weighted by Crippen LogP contribution is -2.38. The van der Waals surface area contributed by atoms with Crippen LogP contribution in [0.15, 0.2) is 66.9 Å². The average molecular weight is 529 g/mol. The molecule has 0 bridgehead atoms. The lowest BCUT2D eigenvalue weighted by Gasteiger charge is -2.14. The summed E-state index contributed by atoms with van der Waals surface area (Å²) < 4.78 is 18.9. The van der Waals surface area contributed by atoms with Gasteiger partial charge >= 0.3 is 0 Å². The number of ether oxygens (including phenoxy) is 1. The van der Waals surface area contributed by atoms with Crippen LogP contribution in [0.25, 0.3) is 22.0 Å². The van der Waals surface area contributed by atoms with Gasteiger partial charge < -0.3 is 15.4 Å². The van der Waals surface area contributed by atoms with Gasteiger partial charge in [-0.2, -0.15) is 0 Å². The van der Waals surface area contributed by atoms with Crippen LogP contribution in [0.1, 0.15) is 51.7 Å². The van der Waals surface area contributed by atoms with Crippen molar-refractivity contribution in [1.29, 1.82) is 0 Å². The summed E-state index contributed by atoms with van der Waals surface area (Å²) in [5.74, 6) is 1.53. The second-order valence-corrected chi connectivity index (χ2v) is 10.2. The van der Waals surface area contributed by atoms with E-state index in [0.717, 1.165) is 59.6 Å². The molecule has 39 heavy (non-hydrogen) atoms. The number of aromatic nitrogens is 1. The predicted molar refractivity (Wildman–Crippen MR) is 162 cm³/mol. The molecule has 0 saturated carbocycles. The molecule has 3 N–H and O–H groups in total. The Labute approximate surface area is 232 Å². The van der Waals surface area contributed by atoms with Crippen molar-refractivity contribution in [2.75, 3.05) is 23.8 Å². The smallest absolute Gasteiger partial charge is 0.153 e. The van der Waals surface area contributed by atoms with Crippen molar-refractivity contribution in [3.63, 3.8) is 0 Å². The van der Waals surface area contributed by atoms with E-state index in [1.807, 2.05) is 13.0 Å². The van der Waals surface area contributed by atoms with Crippen LogP contribution in [0.3, 0.4) is 0 Å². The van der Waals surface area contributed by atoms with Crippen LogP contribution in [0, 0.1) is 18.7 Å². The van der Waals surface area contributed by atoms with E-state index >= 15 is 0 Å². The molecule has 1 aromatic heterocycles. The van der Waals surface area contributed by atoms with Crippen LogP contribution in [-0.4, -0.2) is 24.4 Å². The highest BCUT2D eigenvalue weighted by atomic mass is 19.1. The molecule has 0 radical (unpaired) electrons. The van der Waals surface area contributed by atoms with E-state index in [1.54, 1.807) is 12.3 Å². The van der Waals surface area contributed by atoms with Crippen molar-refractivity contribution in [1.82, 2.24) is 10.3 Å². The molecule has 0 fully saturated rings. The summed E-state index contributed by atoms with van der Waals surface area (Å²) >= 11 is 0. The molecule has 2 atom stereocenters. The SMILES string of the molecule is CCNC1Nc2ccc(-c3ccc(OCCC(C)CC)c(CC)c3)cc2N1.Cc1ccnc2ccc(F)cc12. The van der Waals surface area contributed by atoms with Gasteiger partial charge in [-0.05, 0) is 103 Å². The molecule has 5 rings (SSSR count). The number of anilines is 2. The lowest BCUT2D eigenvalue weighted by atomic mass is 10.0. The van der Waals surface area contributed by atoms with Crippen LogP contribution in [-0.2, 0) is 6.42 Å². The molecular weight excluding hydrogens is 487 g/mol. The maximum absolute atomic E-state index is 12.8. The number of pyridine rings is 1. The summed E-state index contributed by atoms with van der Waals surface area (Å²) in [6, 6.07) is 19.6. The van der Waals surface area contributed by atoms with Gasteiger partial charge in [-0.15, -0.1) is 0 Å². The molecule has 0 saturated heterocycles. The highest BCUT2D eigenvalue weighted by Gasteiger charge is 2.19. The van der Waals surface area contributed by atoms with Gasteiger partial charge in [-0.3, -0.25) is 10.3 Å². The van der Waals surface area contributed by atoms with Gasteiger partial charge in [0.05, 0.1) is 23.5 Å². The molecule has 0 amide bonds. The van der Waals surface area contributed by atoms with Gasteiger partial charge in [-0.1, -0.05) is 46.2 Å². The van der Waals surface area contributed by atoms with Gasteiger partial charge in [0.25, 0.3) is 0 Å². The van der Waals surface area contributed by atoms with Crippen molar-refractivity contribution >= 4 is 22.3 Å². The Morgan fingerprint density at radius 3 is 2.49 bits per heavy atom. The van der Waals surface area contributed by atoms with E-state index in [9.17, 15) is 4.39 Å². The Bertz CT molecular complexity index is 1390. The zero-order chi connectivity index (χ0) is 27.8. The van der Waals surface area contributed by atoms with Gasteiger partial charge in [0.2, 0.25) is 0 Å². The fraction of sp³-hybridized carbons (Fsp3) is 0.364. The standard InChI is InChI=1S/C23H33N3O.C10H8FN/c1-5-16(4)12-13-27-22-11-9-18(14-17(22)6-2)19-8-10-20-21(15-19)26-23(25-20)24-7-3;1-7-4-5-12-10-3-2-8(11)6-9(7)10/h8-11,14-16,23-26H,5-7,12-13H2,1-4H3;2-6H,1H3. The predicted octanol–water partition coefficient (Wildman–Crippen LogP) is 8.14. The maximum atomic E-state index is 12.8. The zero-order valence-electron chi connectivity index (χ0n) is 23.8. The minimum Gasteiger partial charge on any atom is -0.493 e. The van der Waals surface area contributed by atoms with Crippen molar-refractivity contribution in [2.45, 2.75) is 60.2 Å². The van der Waals surface area contributed by atoms with Crippen molar-refractivity contribution in [2.24, 2.45) is 5.92 Å². The third kappa shape index (κ3) is 7.27. The number of hydrogen-bond acceptors (Lipinski definition) is 5. The van der Waals surface area contributed by atoms with Crippen molar-refractivity contribution < 1.29 is 9.13 Å². The average Bonchev–Trinajstić information content (AvgIpc) is 3.36. The number of nitrogens with one attached hydrogen (secondary N) is 3. The summed E-state index contributed by atoms with van der Waals surface area (Å²) in [6.07, 6.45) is 5.12. The third-order valence-corrected chi connectivity index (χ3v) is 7.29. The molecule has 3 aromatic carbocycles. The first-order valence-corrected chi connectivity index (χ1v) is 14.1. The molecule has 5 nitrogen and oxygen atoms in total. The number of rotatable bonds is 9. The summed E-state index contributed by atoms with van der Waals surface area (Å²) in [7, 11) is 0. The number of aryl methyl sites for hydroxylation is 2. The molecule has 2 unspecified atom stereocenters. The first-order chi connectivity index (χ1) is 18.9. The Hall–Kier alpha value is -3.64. The first kappa shape index (κ1) is 28.4. The second-order valence-electron chi connectivity index (χ2n) is 10.2. The van der Waals surface area contributed by atoms with E-state index in [1.165, 1.54) is 35.2 Å². The van der Waals surface area contributed by atoms with E-state index in [4.69, 9.17) is 4.74 Å². The quantitative estimate of drug-likeness (QED) is 0.205. The molecule has 0 aliphatic carbocycles. The van der Waals surface area contributed by atoms with Gasteiger partial charge in [0.15, 0.2) is 6.29 Å². The summed E-state index contributed by atoms with van der Waals surface area (Å²) in [4.78, 5) is 4.12. The minimum absolute atomic E-state index is 0.104. The number of hydrogen-bond donors (Lipinski definition) is 3. The zero-order valence-corrected chi connectivity index (χ0v) is 23.8. The molecule has 1 aliphatic heterocycles. The number of fused-ring (bicyclic) bond motifs is 2. The highest BCUT2D eigenvalue weighted by Crippen LogP contribution is 2.34. The normalized spacial score (nSPS) is 14.6. The maximum Gasteiger partial charge on any atom is 0.153 e. The summed E-state index contributed by atoms with van der Waals surface area (Å²) in [5.41, 5.74) is 7.92. The Balaban J connectivity index is 0.000000243. The topological polar surface area (TPSA) is 58.2 Å². The summed E-state index contributed by atoms with van der Waals surface area (Å²) in [5, 5.41) is 11.2. The van der Waals surface area contributed by atoms with Crippen molar-refractivity contribution in [3.05, 3.63) is 83.8 Å². The van der Waals surface area contributed by atoms with Gasteiger partial charge in [0, 0.05) is 11.6 Å². The molecule has 206 valence electrons. The first-order valence-electron chi connectivity index (χ1n) is 14.1. The fourth-order valence-corrected chi connectivity index (χ4v) is 4.63. The van der Waals surface area contributed by atoms with Crippen LogP contribution in [0.4, 0.5) is 15.8 Å². The molecule has 1 aliphatic rings. The number of benzene rings is 3. The van der Waals surface area contributed by atoms with Crippen LogP contribution >= 0.6 is 0 Å². The molecule has 4 aromatic rings. The Morgan fingerprint density at radius 1 is 0.949 bits per heavy atom. The van der Waals surface area contributed by atoms with E-state index < -0.39 is 0 Å². The van der Waals surface area contributed by atoms with Crippen molar-refractivity contribution in [3.8, 4) is 16.9 Å². The highest BCUT2D eigenvalue weighted by molar-refractivity contribution is 5.82. The molecule has 6 heteroatoms. The van der Waals surface area contributed by atoms with Crippen LogP contribution in [0.5, 0.6) is 5.75 Å². The molecule has 0 spiro atoms. The summed E-state index contributed by atoms with van der Waals surface area (Å²) in [6.45, 7) is 12.5. The van der Waals surface area contributed by atoms with E-state index in [-0.39, 0.29) is 12.1 Å².